The molecule has 2 rings (SSSR count). The van der Waals surface area contributed by atoms with E-state index in [0.29, 0.717) is 5.92 Å². The van der Waals surface area contributed by atoms with Gasteiger partial charge in [0.25, 0.3) is 0 Å². The molecule has 1 aromatic rings. The van der Waals surface area contributed by atoms with Gasteiger partial charge in [-0.3, -0.25) is 0 Å². The molecule has 0 amide bonds. The minimum Gasteiger partial charge on any atom is -0.497 e. The highest BCUT2D eigenvalue weighted by atomic mass is 16.5. The van der Waals surface area contributed by atoms with Crippen molar-refractivity contribution in [3.63, 3.8) is 0 Å². The molecule has 1 aromatic carbocycles. The third-order valence-electron chi connectivity index (χ3n) is 2.71. The molecule has 0 aromatic heterocycles. The van der Waals surface area contributed by atoms with Crippen molar-refractivity contribution >= 4 is 0 Å². The van der Waals surface area contributed by atoms with E-state index in [1.54, 1.807) is 7.11 Å². The number of methoxy groups -OCH3 is 1. The normalized spacial score (nSPS) is 20.2. The van der Waals surface area contributed by atoms with E-state index in [1.807, 2.05) is 24.3 Å². The van der Waals surface area contributed by atoms with Crippen molar-refractivity contribution in [1.82, 2.24) is 5.32 Å². The van der Waals surface area contributed by atoms with E-state index in [0.717, 1.165) is 31.2 Å². The van der Waals surface area contributed by atoms with Crippen LogP contribution in [0.3, 0.4) is 0 Å². The lowest BCUT2D eigenvalue weighted by Gasteiger charge is -2.10. The molecule has 1 fully saturated rings. The number of rotatable bonds is 4. The summed E-state index contributed by atoms with van der Waals surface area (Å²) >= 11 is 0. The van der Waals surface area contributed by atoms with Crippen molar-refractivity contribution in [3.8, 4) is 11.5 Å². The van der Waals surface area contributed by atoms with E-state index in [4.69, 9.17) is 9.47 Å². The minimum absolute atomic E-state index is 0.659. The Hall–Kier alpha value is -1.22. The highest BCUT2D eigenvalue weighted by molar-refractivity contribution is 5.31. The zero-order valence-corrected chi connectivity index (χ0v) is 9.03. The summed E-state index contributed by atoms with van der Waals surface area (Å²) in [6.07, 6.45) is 1.22. The Morgan fingerprint density at radius 3 is 2.60 bits per heavy atom. The van der Waals surface area contributed by atoms with Gasteiger partial charge in [-0.15, -0.1) is 0 Å². The van der Waals surface area contributed by atoms with E-state index in [9.17, 15) is 0 Å². The molecule has 0 aliphatic carbocycles. The number of ether oxygens (including phenoxy) is 2. The van der Waals surface area contributed by atoms with Crippen LogP contribution < -0.4 is 14.8 Å². The average Bonchev–Trinajstić information content (AvgIpc) is 2.80. The predicted octanol–water partition coefficient (Wildman–Crippen LogP) is 1.68. The molecule has 0 radical (unpaired) electrons. The Labute approximate surface area is 90.4 Å². The Kier molecular flexibility index (Phi) is 3.45. The predicted molar refractivity (Wildman–Crippen MR) is 59.5 cm³/mol. The monoisotopic (exact) mass is 207 g/mol. The first kappa shape index (κ1) is 10.3. The molecule has 1 atom stereocenters. The van der Waals surface area contributed by atoms with Crippen LogP contribution in [-0.4, -0.2) is 26.8 Å². The molecule has 0 spiro atoms. The quantitative estimate of drug-likeness (QED) is 0.815. The fraction of sp³-hybridized carbons (Fsp3) is 0.500. The molecular weight excluding hydrogens is 190 g/mol. The number of hydrogen-bond acceptors (Lipinski definition) is 3. The molecule has 0 saturated carbocycles. The van der Waals surface area contributed by atoms with E-state index < -0.39 is 0 Å². The molecule has 1 N–H and O–H groups in total. The van der Waals surface area contributed by atoms with Gasteiger partial charge >= 0.3 is 0 Å². The van der Waals surface area contributed by atoms with Crippen LogP contribution in [0.5, 0.6) is 11.5 Å². The average molecular weight is 207 g/mol. The van der Waals surface area contributed by atoms with Gasteiger partial charge in [-0.05, 0) is 37.2 Å². The SMILES string of the molecule is COc1ccc(OCC2CCNC2)cc1. The van der Waals surface area contributed by atoms with Gasteiger partial charge in [-0.2, -0.15) is 0 Å². The van der Waals surface area contributed by atoms with Crippen LogP contribution in [0.1, 0.15) is 6.42 Å². The Morgan fingerprint density at radius 2 is 2.00 bits per heavy atom. The van der Waals surface area contributed by atoms with Gasteiger partial charge < -0.3 is 14.8 Å². The Balaban J connectivity index is 1.82. The number of nitrogens with one attached hydrogen (secondary N) is 1. The molecule has 1 aliphatic heterocycles. The Morgan fingerprint density at radius 1 is 1.27 bits per heavy atom. The maximum Gasteiger partial charge on any atom is 0.119 e. The van der Waals surface area contributed by atoms with E-state index in [2.05, 4.69) is 5.32 Å². The van der Waals surface area contributed by atoms with Gasteiger partial charge in [0.1, 0.15) is 11.5 Å². The lowest BCUT2D eigenvalue weighted by molar-refractivity contribution is 0.259. The second-order valence-electron chi connectivity index (χ2n) is 3.85. The van der Waals surface area contributed by atoms with Gasteiger partial charge in [0.15, 0.2) is 0 Å². The van der Waals surface area contributed by atoms with Crippen LogP contribution >= 0.6 is 0 Å². The first-order chi connectivity index (χ1) is 7.38. The highest BCUT2D eigenvalue weighted by Crippen LogP contribution is 2.18. The smallest absolute Gasteiger partial charge is 0.119 e. The van der Waals surface area contributed by atoms with Crippen LogP contribution in [0.25, 0.3) is 0 Å². The topological polar surface area (TPSA) is 30.5 Å². The van der Waals surface area contributed by atoms with Crippen molar-refractivity contribution in [1.29, 1.82) is 0 Å². The zero-order chi connectivity index (χ0) is 10.5. The van der Waals surface area contributed by atoms with Crippen LogP contribution in [0, 0.1) is 5.92 Å². The summed E-state index contributed by atoms with van der Waals surface area (Å²) < 4.78 is 10.8. The van der Waals surface area contributed by atoms with Gasteiger partial charge in [0, 0.05) is 12.5 Å². The van der Waals surface area contributed by atoms with E-state index >= 15 is 0 Å². The standard InChI is InChI=1S/C12H17NO2/c1-14-11-2-4-12(5-3-11)15-9-10-6-7-13-8-10/h2-5,10,13H,6-9H2,1H3. The summed E-state index contributed by atoms with van der Waals surface area (Å²) in [6.45, 7) is 3.01. The minimum atomic E-state index is 0.659. The summed E-state index contributed by atoms with van der Waals surface area (Å²) in [7, 11) is 1.67. The van der Waals surface area contributed by atoms with Gasteiger partial charge in [-0.1, -0.05) is 0 Å². The highest BCUT2D eigenvalue weighted by Gasteiger charge is 2.14. The molecule has 1 heterocycles. The second-order valence-corrected chi connectivity index (χ2v) is 3.85. The molecule has 1 saturated heterocycles. The largest absolute Gasteiger partial charge is 0.497 e. The third-order valence-corrected chi connectivity index (χ3v) is 2.71. The van der Waals surface area contributed by atoms with Gasteiger partial charge in [-0.25, -0.2) is 0 Å². The lowest BCUT2D eigenvalue weighted by Crippen LogP contribution is -2.15. The van der Waals surface area contributed by atoms with Gasteiger partial charge in [0.2, 0.25) is 0 Å². The van der Waals surface area contributed by atoms with Crippen LogP contribution in [0.4, 0.5) is 0 Å². The second kappa shape index (κ2) is 5.03. The van der Waals surface area contributed by atoms with Gasteiger partial charge in [0.05, 0.1) is 13.7 Å². The molecule has 82 valence electrons. The van der Waals surface area contributed by atoms with Crippen molar-refractivity contribution in [2.45, 2.75) is 6.42 Å². The molecule has 1 unspecified atom stereocenters. The van der Waals surface area contributed by atoms with E-state index in [1.165, 1.54) is 6.42 Å². The molecule has 0 bridgehead atoms. The van der Waals surface area contributed by atoms with Crippen molar-refractivity contribution in [2.75, 3.05) is 26.8 Å². The third kappa shape index (κ3) is 2.86. The van der Waals surface area contributed by atoms with Crippen LogP contribution in [0.15, 0.2) is 24.3 Å². The molecule has 3 nitrogen and oxygen atoms in total. The summed E-state index contributed by atoms with van der Waals surface area (Å²) in [4.78, 5) is 0. The fourth-order valence-corrected chi connectivity index (χ4v) is 1.74. The first-order valence-electron chi connectivity index (χ1n) is 5.36. The van der Waals surface area contributed by atoms with Crippen LogP contribution in [-0.2, 0) is 0 Å². The molecular formula is C12H17NO2. The summed E-state index contributed by atoms with van der Waals surface area (Å²) in [5, 5.41) is 3.33. The number of benzene rings is 1. The lowest BCUT2D eigenvalue weighted by atomic mass is 10.1. The van der Waals surface area contributed by atoms with E-state index in [-0.39, 0.29) is 0 Å². The molecule has 1 aliphatic rings. The fourth-order valence-electron chi connectivity index (χ4n) is 1.74. The first-order valence-corrected chi connectivity index (χ1v) is 5.36. The molecule has 15 heavy (non-hydrogen) atoms. The summed E-state index contributed by atoms with van der Waals surface area (Å²) in [6, 6.07) is 7.73. The summed E-state index contributed by atoms with van der Waals surface area (Å²) in [5.41, 5.74) is 0. The van der Waals surface area contributed by atoms with Crippen molar-refractivity contribution in [3.05, 3.63) is 24.3 Å². The maximum atomic E-state index is 5.69. The molecule has 3 heteroatoms. The Bertz CT molecular complexity index is 291. The number of hydrogen-bond donors (Lipinski definition) is 1. The van der Waals surface area contributed by atoms with Crippen molar-refractivity contribution in [2.24, 2.45) is 5.92 Å². The van der Waals surface area contributed by atoms with Crippen molar-refractivity contribution < 1.29 is 9.47 Å². The zero-order valence-electron chi connectivity index (χ0n) is 9.03. The maximum absolute atomic E-state index is 5.69. The summed E-state index contributed by atoms with van der Waals surface area (Å²) in [5.74, 6) is 2.44. The van der Waals surface area contributed by atoms with Crippen LogP contribution in [0.2, 0.25) is 0 Å².